The average Bonchev–Trinajstić information content (AvgIpc) is 3.05. The Hall–Kier alpha value is -1.98. The Kier molecular flexibility index (Phi) is 7.16. The summed E-state index contributed by atoms with van der Waals surface area (Å²) in [6.07, 6.45) is 11.4. The van der Waals surface area contributed by atoms with E-state index in [-0.39, 0.29) is 24.0 Å². The predicted molar refractivity (Wildman–Crippen MR) is 124 cm³/mol. The molecule has 1 aromatic carbocycles. The highest BCUT2D eigenvalue weighted by atomic mass is 16.7. The van der Waals surface area contributed by atoms with Crippen LogP contribution in [0.25, 0.3) is 0 Å². The second kappa shape index (κ2) is 9.88. The largest absolute Gasteiger partial charge is 0.347 e. The van der Waals surface area contributed by atoms with Gasteiger partial charge in [-0.2, -0.15) is 0 Å². The van der Waals surface area contributed by atoms with Crippen molar-refractivity contribution in [2.45, 2.75) is 89.6 Å². The molecular formula is C27H37NO4. The van der Waals surface area contributed by atoms with E-state index in [4.69, 9.17) is 9.47 Å². The lowest BCUT2D eigenvalue weighted by Crippen LogP contribution is -2.50. The zero-order valence-electron chi connectivity index (χ0n) is 19.6. The van der Waals surface area contributed by atoms with E-state index in [2.05, 4.69) is 20.4 Å². The van der Waals surface area contributed by atoms with E-state index in [1.807, 2.05) is 6.08 Å². The second-order valence-corrected chi connectivity index (χ2v) is 9.96. The predicted octanol–water partition coefficient (Wildman–Crippen LogP) is 5.75. The van der Waals surface area contributed by atoms with E-state index in [0.29, 0.717) is 29.5 Å². The molecule has 0 bridgehead atoms. The third-order valence-electron chi connectivity index (χ3n) is 7.54. The zero-order chi connectivity index (χ0) is 22.7. The number of imide groups is 1. The van der Waals surface area contributed by atoms with Crippen molar-refractivity contribution >= 4 is 11.8 Å². The van der Waals surface area contributed by atoms with E-state index in [0.717, 1.165) is 57.8 Å². The number of fused-ring (bicyclic) bond motifs is 1. The maximum atomic E-state index is 12.6. The second-order valence-electron chi connectivity index (χ2n) is 9.96. The van der Waals surface area contributed by atoms with Crippen LogP contribution in [0.4, 0.5) is 0 Å². The molecule has 0 radical (unpaired) electrons. The molecule has 1 aromatic rings. The fourth-order valence-electron chi connectivity index (χ4n) is 5.38. The van der Waals surface area contributed by atoms with Gasteiger partial charge in [-0.1, -0.05) is 32.1 Å². The van der Waals surface area contributed by atoms with Crippen molar-refractivity contribution in [3.8, 4) is 0 Å². The maximum absolute atomic E-state index is 12.6. The summed E-state index contributed by atoms with van der Waals surface area (Å²) < 4.78 is 13.2. The van der Waals surface area contributed by atoms with E-state index >= 15 is 0 Å². The summed E-state index contributed by atoms with van der Waals surface area (Å²) in [7, 11) is 0. The molecule has 5 heteroatoms. The molecule has 2 saturated heterocycles. The van der Waals surface area contributed by atoms with Gasteiger partial charge < -0.3 is 9.47 Å². The maximum Gasteiger partial charge on any atom is 0.261 e. The first-order chi connectivity index (χ1) is 15.4. The molecule has 5 nitrogen and oxygen atoms in total. The molecule has 3 heterocycles. The Labute approximate surface area is 192 Å². The Balaban J connectivity index is 1.31. The Bertz CT molecular complexity index is 817. The van der Waals surface area contributed by atoms with Gasteiger partial charge >= 0.3 is 0 Å². The van der Waals surface area contributed by atoms with E-state index in [1.165, 1.54) is 4.90 Å². The SMILES string of the molecule is C=C[C@@H](C)CC[C@@H]1CCC[C@]2(CCC(C)[C@@H](CCCN3C(=O)c4ccccc4C3=O)O2)O1. The molecule has 1 spiro atoms. The van der Waals surface area contributed by atoms with Crippen LogP contribution in [0, 0.1) is 11.8 Å². The van der Waals surface area contributed by atoms with Crippen molar-refractivity contribution in [3.63, 3.8) is 0 Å². The fraction of sp³-hybridized carbons (Fsp3) is 0.630. The lowest BCUT2D eigenvalue weighted by atomic mass is 9.85. The van der Waals surface area contributed by atoms with Crippen LogP contribution in [0.1, 0.15) is 92.4 Å². The number of hydrogen-bond acceptors (Lipinski definition) is 4. The van der Waals surface area contributed by atoms with Crippen LogP contribution in [-0.4, -0.2) is 41.3 Å². The highest BCUT2D eigenvalue weighted by Gasteiger charge is 2.44. The molecule has 0 N–H and O–H groups in total. The molecular weight excluding hydrogens is 402 g/mol. The van der Waals surface area contributed by atoms with E-state index < -0.39 is 5.79 Å². The number of benzene rings is 1. The van der Waals surface area contributed by atoms with Gasteiger partial charge in [0, 0.05) is 19.4 Å². The third-order valence-corrected chi connectivity index (χ3v) is 7.54. The van der Waals surface area contributed by atoms with Crippen LogP contribution in [-0.2, 0) is 9.47 Å². The molecule has 1 unspecified atom stereocenters. The number of carbonyl (C=O) groups excluding carboxylic acids is 2. The minimum atomic E-state index is -0.451. The van der Waals surface area contributed by atoms with Crippen LogP contribution in [0.3, 0.4) is 0 Å². The van der Waals surface area contributed by atoms with Gasteiger partial charge in [-0.05, 0) is 68.9 Å². The van der Waals surface area contributed by atoms with E-state index in [1.54, 1.807) is 24.3 Å². The number of amides is 2. The van der Waals surface area contributed by atoms with Crippen LogP contribution in [0.5, 0.6) is 0 Å². The molecule has 3 aliphatic heterocycles. The van der Waals surface area contributed by atoms with Crippen molar-refractivity contribution < 1.29 is 19.1 Å². The molecule has 3 aliphatic rings. The number of carbonyl (C=O) groups is 2. The van der Waals surface area contributed by atoms with E-state index in [9.17, 15) is 9.59 Å². The summed E-state index contributed by atoms with van der Waals surface area (Å²) in [5, 5.41) is 0. The van der Waals surface area contributed by atoms with Gasteiger partial charge in [0.15, 0.2) is 5.79 Å². The molecule has 0 aliphatic carbocycles. The molecule has 174 valence electrons. The Morgan fingerprint density at radius 2 is 1.84 bits per heavy atom. The Morgan fingerprint density at radius 3 is 2.53 bits per heavy atom. The number of nitrogens with zero attached hydrogens (tertiary/aromatic N) is 1. The molecule has 4 rings (SSSR count). The highest BCUT2D eigenvalue weighted by Crippen LogP contribution is 2.43. The van der Waals surface area contributed by atoms with Crippen molar-refractivity contribution in [1.82, 2.24) is 4.90 Å². The van der Waals surface area contributed by atoms with Gasteiger partial charge in [-0.15, -0.1) is 6.58 Å². The minimum absolute atomic E-state index is 0.102. The highest BCUT2D eigenvalue weighted by molar-refractivity contribution is 6.21. The topological polar surface area (TPSA) is 55.8 Å². The lowest BCUT2D eigenvalue weighted by molar-refractivity contribution is -0.324. The number of allylic oxidation sites excluding steroid dienone is 1. The van der Waals surface area contributed by atoms with Crippen LogP contribution < -0.4 is 0 Å². The standard InChI is InChI=1S/C27H37NO4/c1-4-19(2)13-14-21-9-7-16-27(31-21)17-15-20(3)24(32-27)12-8-18-28-25(29)22-10-5-6-11-23(22)26(28)30/h4-6,10-11,19-21,24H,1,7-9,12-18H2,2-3H3/t19-,20?,21+,24-,27+/m1/s1. The van der Waals surface area contributed by atoms with Crippen molar-refractivity contribution in [3.05, 3.63) is 48.0 Å². The van der Waals surface area contributed by atoms with Crippen LogP contribution in [0.2, 0.25) is 0 Å². The summed E-state index contributed by atoms with van der Waals surface area (Å²) in [6.45, 7) is 8.78. The number of ether oxygens (including phenoxy) is 2. The number of hydrogen-bond donors (Lipinski definition) is 0. The quantitative estimate of drug-likeness (QED) is 0.382. The lowest BCUT2D eigenvalue weighted by Gasteiger charge is -2.48. The Morgan fingerprint density at radius 1 is 1.12 bits per heavy atom. The normalized spacial score (nSPS) is 31.1. The van der Waals surface area contributed by atoms with Gasteiger partial charge in [0.05, 0.1) is 23.3 Å². The molecule has 0 saturated carbocycles. The summed E-state index contributed by atoms with van der Waals surface area (Å²) >= 11 is 0. The fourth-order valence-corrected chi connectivity index (χ4v) is 5.38. The number of rotatable bonds is 8. The molecule has 32 heavy (non-hydrogen) atoms. The van der Waals surface area contributed by atoms with Crippen LogP contribution >= 0.6 is 0 Å². The van der Waals surface area contributed by atoms with Gasteiger partial charge in [0.1, 0.15) is 0 Å². The summed E-state index contributed by atoms with van der Waals surface area (Å²) in [5.74, 6) is 0.164. The van der Waals surface area contributed by atoms with Crippen LogP contribution in [0.15, 0.2) is 36.9 Å². The molecule has 2 amide bonds. The molecule has 2 fully saturated rings. The first-order valence-corrected chi connectivity index (χ1v) is 12.4. The monoisotopic (exact) mass is 439 g/mol. The third kappa shape index (κ3) is 4.84. The van der Waals surface area contributed by atoms with Crippen molar-refractivity contribution in [1.29, 1.82) is 0 Å². The summed E-state index contributed by atoms with van der Waals surface area (Å²) in [4.78, 5) is 26.6. The first kappa shape index (κ1) is 23.2. The smallest absolute Gasteiger partial charge is 0.261 e. The van der Waals surface area contributed by atoms with Gasteiger partial charge in [-0.25, -0.2) is 0 Å². The molecule has 0 aromatic heterocycles. The summed E-state index contributed by atoms with van der Waals surface area (Å²) in [6, 6.07) is 7.08. The van der Waals surface area contributed by atoms with Crippen molar-refractivity contribution in [2.24, 2.45) is 11.8 Å². The summed E-state index contributed by atoms with van der Waals surface area (Å²) in [5.41, 5.74) is 1.04. The first-order valence-electron chi connectivity index (χ1n) is 12.4. The van der Waals surface area contributed by atoms with Gasteiger partial charge in [0.2, 0.25) is 0 Å². The van der Waals surface area contributed by atoms with Gasteiger partial charge in [0.25, 0.3) is 11.8 Å². The zero-order valence-corrected chi connectivity index (χ0v) is 19.6. The van der Waals surface area contributed by atoms with Crippen molar-refractivity contribution in [2.75, 3.05) is 6.54 Å². The minimum Gasteiger partial charge on any atom is -0.347 e. The average molecular weight is 440 g/mol. The molecule has 5 atom stereocenters. The van der Waals surface area contributed by atoms with Gasteiger partial charge in [-0.3, -0.25) is 14.5 Å².